The smallest absolute Gasteiger partial charge is 0.323 e. The van der Waals surface area contributed by atoms with Crippen molar-refractivity contribution >= 4 is 5.97 Å². The number of cyclic esters (lactones) is 1. The molecule has 1 heterocycles. The molecule has 1 saturated heterocycles. The topological polar surface area (TPSA) is 61.5 Å². The molecule has 0 radical (unpaired) electrons. The summed E-state index contributed by atoms with van der Waals surface area (Å²) >= 11 is 0. The van der Waals surface area contributed by atoms with Crippen molar-refractivity contribution in [1.29, 1.82) is 0 Å². The minimum absolute atomic E-state index is 0.0385. The van der Waals surface area contributed by atoms with Crippen molar-refractivity contribution < 1.29 is 18.7 Å². The number of ether oxygens (including phenoxy) is 2. The fourth-order valence-corrected chi connectivity index (χ4v) is 3.69. The van der Waals surface area contributed by atoms with E-state index < -0.39 is 6.04 Å². The first-order valence-corrected chi connectivity index (χ1v) is 9.89. The van der Waals surface area contributed by atoms with Crippen LogP contribution >= 0.6 is 0 Å². The lowest BCUT2D eigenvalue weighted by molar-refractivity contribution is -0.153. The van der Waals surface area contributed by atoms with Gasteiger partial charge in [0.25, 0.3) is 0 Å². The highest BCUT2D eigenvalue weighted by atomic mass is 19.1. The lowest BCUT2D eigenvalue weighted by atomic mass is 9.86. The van der Waals surface area contributed by atoms with E-state index in [2.05, 4.69) is 12.1 Å². The highest BCUT2D eigenvalue weighted by molar-refractivity contribution is 5.75. The van der Waals surface area contributed by atoms with Crippen LogP contribution < -0.4 is 5.73 Å². The van der Waals surface area contributed by atoms with Gasteiger partial charge in [0.1, 0.15) is 18.0 Å². The molecule has 0 amide bonds. The van der Waals surface area contributed by atoms with Crippen LogP contribution in [-0.2, 0) is 27.1 Å². The van der Waals surface area contributed by atoms with Gasteiger partial charge in [-0.15, -0.1) is 0 Å². The van der Waals surface area contributed by atoms with Gasteiger partial charge in [0.05, 0.1) is 6.10 Å². The Balaban J connectivity index is 1.79. The van der Waals surface area contributed by atoms with Crippen LogP contribution in [0.25, 0.3) is 0 Å². The monoisotopic (exact) mass is 385 g/mol. The predicted octanol–water partition coefficient (Wildman–Crippen LogP) is 3.67. The van der Waals surface area contributed by atoms with E-state index in [1.165, 1.54) is 17.7 Å². The fourth-order valence-electron chi connectivity index (χ4n) is 3.69. The second kappa shape index (κ2) is 9.80. The Kier molecular flexibility index (Phi) is 7.18. The summed E-state index contributed by atoms with van der Waals surface area (Å²) in [5.74, 6) is -0.687. The van der Waals surface area contributed by atoms with Gasteiger partial charge in [-0.2, -0.15) is 0 Å². The van der Waals surface area contributed by atoms with Crippen LogP contribution in [-0.4, -0.2) is 30.8 Å². The van der Waals surface area contributed by atoms with Crippen LogP contribution in [0.2, 0.25) is 0 Å². The number of carbonyl (C=O) groups is 1. The first-order valence-electron chi connectivity index (χ1n) is 9.89. The normalized spacial score (nSPS) is 26.0. The minimum atomic E-state index is -0.665. The van der Waals surface area contributed by atoms with Crippen LogP contribution in [0, 0.1) is 11.7 Å². The van der Waals surface area contributed by atoms with Crippen molar-refractivity contribution in [2.75, 3.05) is 6.61 Å². The Morgan fingerprint density at radius 3 is 2.50 bits per heavy atom. The molecule has 1 fully saturated rings. The predicted molar refractivity (Wildman–Crippen MR) is 106 cm³/mol. The highest BCUT2D eigenvalue weighted by Crippen LogP contribution is 2.26. The van der Waals surface area contributed by atoms with Gasteiger partial charge >= 0.3 is 5.97 Å². The van der Waals surface area contributed by atoms with Gasteiger partial charge in [-0.05, 0) is 55.9 Å². The average molecular weight is 385 g/mol. The maximum atomic E-state index is 13.3. The van der Waals surface area contributed by atoms with Crippen LogP contribution in [0.4, 0.5) is 4.39 Å². The van der Waals surface area contributed by atoms with E-state index in [1.807, 2.05) is 25.1 Å². The molecule has 2 N–H and O–H groups in total. The second-order valence-electron chi connectivity index (χ2n) is 7.47. The number of carbonyl (C=O) groups excluding carboxylic acids is 1. The summed E-state index contributed by atoms with van der Waals surface area (Å²) < 4.78 is 25.1. The molecule has 0 unspecified atom stereocenters. The zero-order valence-electron chi connectivity index (χ0n) is 16.2. The van der Waals surface area contributed by atoms with Crippen molar-refractivity contribution in [3.8, 4) is 0 Å². The van der Waals surface area contributed by atoms with Gasteiger partial charge in [-0.3, -0.25) is 4.79 Å². The summed E-state index contributed by atoms with van der Waals surface area (Å²) in [4.78, 5) is 12.2. The van der Waals surface area contributed by atoms with Crippen molar-refractivity contribution in [3.63, 3.8) is 0 Å². The van der Waals surface area contributed by atoms with Gasteiger partial charge in [0.2, 0.25) is 0 Å². The van der Waals surface area contributed by atoms with Crippen LogP contribution in [0.5, 0.6) is 0 Å². The zero-order valence-corrected chi connectivity index (χ0v) is 16.2. The minimum Gasteiger partial charge on any atom is -0.461 e. The number of hydrogen-bond donors (Lipinski definition) is 1. The zero-order chi connectivity index (χ0) is 19.9. The Hall–Kier alpha value is -2.24. The number of aryl methyl sites for hydroxylation is 1. The highest BCUT2D eigenvalue weighted by Gasteiger charge is 2.33. The molecular formula is C23H28FNO3. The third-order valence-electron chi connectivity index (χ3n) is 5.39. The van der Waals surface area contributed by atoms with Crippen LogP contribution in [0.15, 0.2) is 54.6 Å². The number of esters is 1. The lowest BCUT2D eigenvalue weighted by Crippen LogP contribution is -2.38. The average Bonchev–Trinajstić information content (AvgIpc) is 2.74. The van der Waals surface area contributed by atoms with Gasteiger partial charge < -0.3 is 15.2 Å². The number of rotatable bonds is 5. The molecule has 0 spiro atoms. The number of nitrogens with two attached hydrogens (primary N) is 1. The Bertz CT molecular complexity index is 750. The van der Waals surface area contributed by atoms with E-state index in [9.17, 15) is 9.18 Å². The fraction of sp³-hybridized carbons (Fsp3) is 0.435. The third kappa shape index (κ3) is 5.63. The quantitative estimate of drug-likeness (QED) is 0.798. The van der Waals surface area contributed by atoms with E-state index in [1.54, 1.807) is 12.1 Å². The molecule has 1 aliphatic rings. The van der Waals surface area contributed by atoms with Gasteiger partial charge in [0.15, 0.2) is 0 Å². The van der Waals surface area contributed by atoms with Crippen molar-refractivity contribution in [3.05, 3.63) is 71.5 Å². The molecule has 28 heavy (non-hydrogen) atoms. The number of halogens is 1. The molecule has 5 heteroatoms. The van der Waals surface area contributed by atoms with E-state index >= 15 is 0 Å². The molecule has 0 aliphatic carbocycles. The second-order valence-corrected chi connectivity index (χ2v) is 7.47. The molecule has 4 nitrogen and oxygen atoms in total. The third-order valence-corrected chi connectivity index (χ3v) is 5.39. The van der Waals surface area contributed by atoms with E-state index in [0.29, 0.717) is 19.4 Å². The van der Waals surface area contributed by atoms with Gasteiger partial charge in [0, 0.05) is 12.5 Å². The van der Waals surface area contributed by atoms with Crippen molar-refractivity contribution in [1.82, 2.24) is 0 Å². The summed E-state index contributed by atoms with van der Waals surface area (Å²) in [6, 6.07) is 16.0. The molecule has 1 aliphatic heterocycles. The first-order chi connectivity index (χ1) is 13.5. The van der Waals surface area contributed by atoms with Gasteiger partial charge in [-0.1, -0.05) is 42.5 Å². The SMILES string of the molecule is C[C@@H]1OC(=O)[C@@H](N)CCO[C@H](CCc2ccccc2)[C@H]1Cc1ccc(F)cc1. The molecule has 2 aromatic carbocycles. The van der Waals surface area contributed by atoms with E-state index in [0.717, 1.165) is 18.4 Å². The van der Waals surface area contributed by atoms with Crippen molar-refractivity contribution in [2.45, 2.75) is 50.9 Å². The summed E-state index contributed by atoms with van der Waals surface area (Å²) in [6.45, 7) is 2.31. The number of hydrogen-bond acceptors (Lipinski definition) is 4. The van der Waals surface area contributed by atoms with E-state index in [-0.39, 0.29) is 29.9 Å². The maximum Gasteiger partial charge on any atom is 0.323 e. The summed E-state index contributed by atoms with van der Waals surface area (Å²) in [5, 5.41) is 0. The summed E-state index contributed by atoms with van der Waals surface area (Å²) in [7, 11) is 0. The molecule has 150 valence electrons. The standard InChI is InChI=1S/C23H28FNO3/c1-16-20(15-18-7-10-19(24)11-8-18)22(12-9-17-5-3-2-4-6-17)27-14-13-21(25)23(26)28-16/h2-8,10-11,16,20-22H,9,12-15,25H2,1H3/t16-,20-,21-,22+/m0/s1. The molecule has 0 bridgehead atoms. The molecular weight excluding hydrogens is 357 g/mol. The summed E-state index contributed by atoms with van der Waals surface area (Å²) in [5.41, 5.74) is 8.14. The molecule has 2 aromatic rings. The Morgan fingerprint density at radius 1 is 1.07 bits per heavy atom. The van der Waals surface area contributed by atoms with Crippen molar-refractivity contribution in [2.24, 2.45) is 11.7 Å². The Morgan fingerprint density at radius 2 is 1.79 bits per heavy atom. The first kappa shape index (κ1) is 20.5. The Labute approximate surface area is 165 Å². The number of benzene rings is 2. The van der Waals surface area contributed by atoms with E-state index in [4.69, 9.17) is 15.2 Å². The maximum absolute atomic E-state index is 13.3. The lowest BCUT2D eigenvalue weighted by Gasteiger charge is -2.31. The van der Waals surface area contributed by atoms with Crippen LogP contribution in [0.3, 0.4) is 0 Å². The van der Waals surface area contributed by atoms with Gasteiger partial charge in [-0.25, -0.2) is 4.39 Å². The largest absolute Gasteiger partial charge is 0.461 e. The molecule has 0 saturated carbocycles. The molecule has 4 atom stereocenters. The molecule has 3 rings (SSSR count). The summed E-state index contributed by atoms with van der Waals surface area (Å²) in [6.07, 6.45) is 2.34. The van der Waals surface area contributed by atoms with Crippen LogP contribution in [0.1, 0.15) is 30.9 Å². The molecule has 0 aromatic heterocycles.